The van der Waals surface area contributed by atoms with E-state index in [1.54, 1.807) is 6.20 Å². The lowest BCUT2D eigenvalue weighted by atomic mass is 10.1. The molecule has 4 nitrogen and oxygen atoms in total. The van der Waals surface area contributed by atoms with Crippen molar-refractivity contribution in [2.75, 3.05) is 0 Å². The van der Waals surface area contributed by atoms with Gasteiger partial charge >= 0.3 is 0 Å². The summed E-state index contributed by atoms with van der Waals surface area (Å²) in [6.45, 7) is 4.12. The minimum atomic E-state index is -0.0533. The molecule has 0 unspecified atom stereocenters. The van der Waals surface area contributed by atoms with Gasteiger partial charge in [-0.15, -0.1) is 0 Å². The van der Waals surface area contributed by atoms with Gasteiger partial charge in [-0.05, 0) is 12.8 Å². The second kappa shape index (κ2) is 4.64. The van der Waals surface area contributed by atoms with Crippen LogP contribution in [0.25, 0.3) is 0 Å². The molecule has 1 heterocycles. The van der Waals surface area contributed by atoms with E-state index in [2.05, 4.69) is 29.4 Å². The quantitative estimate of drug-likeness (QED) is 0.736. The summed E-state index contributed by atoms with van der Waals surface area (Å²) < 4.78 is 0. The highest BCUT2D eigenvalue weighted by atomic mass is 16.1. The number of hydrogen-bond donors (Lipinski definition) is 2. The molecule has 0 aliphatic rings. The summed E-state index contributed by atoms with van der Waals surface area (Å²) in [7, 11) is 0. The van der Waals surface area contributed by atoms with E-state index >= 15 is 0 Å². The largest absolute Gasteiger partial charge is 0.349 e. The van der Waals surface area contributed by atoms with Gasteiger partial charge in [-0.1, -0.05) is 13.8 Å². The number of aromatic amines is 1. The second-order valence-electron chi connectivity index (χ2n) is 2.97. The standard InChI is InChI=1S/C9H15N3O/c1-3-8(4-2)12-9(13)7-5-10-11-6-7/h5-6,8H,3-4H2,1-2H3,(H,10,11)(H,12,13). The van der Waals surface area contributed by atoms with Crippen LogP contribution in [0, 0.1) is 0 Å². The minimum Gasteiger partial charge on any atom is -0.349 e. The molecule has 0 radical (unpaired) electrons. The Morgan fingerprint density at radius 1 is 1.62 bits per heavy atom. The van der Waals surface area contributed by atoms with Gasteiger partial charge in [0.15, 0.2) is 0 Å². The third-order valence-corrected chi connectivity index (χ3v) is 2.08. The molecule has 0 saturated carbocycles. The van der Waals surface area contributed by atoms with Crippen molar-refractivity contribution in [3.05, 3.63) is 18.0 Å². The van der Waals surface area contributed by atoms with Crippen LogP contribution in [0.3, 0.4) is 0 Å². The van der Waals surface area contributed by atoms with Gasteiger partial charge < -0.3 is 5.32 Å². The first-order valence-electron chi connectivity index (χ1n) is 4.57. The molecule has 0 aromatic carbocycles. The predicted molar refractivity (Wildman–Crippen MR) is 50.4 cm³/mol. The van der Waals surface area contributed by atoms with Gasteiger partial charge in [0, 0.05) is 12.2 Å². The topological polar surface area (TPSA) is 57.8 Å². The molecule has 72 valence electrons. The molecular formula is C9H15N3O. The van der Waals surface area contributed by atoms with Crippen LogP contribution in [0.2, 0.25) is 0 Å². The Morgan fingerprint density at radius 3 is 2.77 bits per heavy atom. The third-order valence-electron chi connectivity index (χ3n) is 2.08. The average molecular weight is 181 g/mol. The Morgan fingerprint density at radius 2 is 2.31 bits per heavy atom. The van der Waals surface area contributed by atoms with Crippen LogP contribution < -0.4 is 5.32 Å². The summed E-state index contributed by atoms with van der Waals surface area (Å²) in [5.41, 5.74) is 0.590. The fourth-order valence-electron chi connectivity index (χ4n) is 1.14. The molecule has 1 amide bonds. The summed E-state index contributed by atoms with van der Waals surface area (Å²) in [6.07, 6.45) is 5.04. The Bertz CT molecular complexity index is 252. The second-order valence-corrected chi connectivity index (χ2v) is 2.97. The molecular weight excluding hydrogens is 166 g/mol. The molecule has 0 saturated heterocycles. The Balaban J connectivity index is 2.50. The average Bonchev–Trinajstić information content (AvgIpc) is 2.66. The van der Waals surface area contributed by atoms with E-state index in [9.17, 15) is 4.79 Å². The van der Waals surface area contributed by atoms with E-state index in [0.29, 0.717) is 5.56 Å². The molecule has 2 N–H and O–H groups in total. The van der Waals surface area contributed by atoms with Crippen molar-refractivity contribution in [3.63, 3.8) is 0 Å². The van der Waals surface area contributed by atoms with Crippen LogP contribution in [0.1, 0.15) is 37.0 Å². The lowest BCUT2D eigenvalue weighted by Gasteiger charge is -2.13. The molecule has 13 heavy (non-hydrogen) atoms. The summed E-state index contributed by atoms with van der Waals surface area (Å²) in [6, 6.07) is 0.266. The summed E-state index contributed by atoms with van der Waals surface area (Å²) in [4.78, 5) is 11.5. The van der Waals surface area contributed by atoms with Crippen LogP contribution in [-0.2, 0) is 0 Å². The number of nitrogens with zero attached hydrogens (tertiary/aromatic N) is 1. The maximum absolute atomic E-state index is 11.5. The Kier molecular flexibility index (Phi) is 3.49. The van der Waals surface area contributed by atoms with Crippen molar-refractivity contribution in [1.82, 2.24) is 15.5 Å². The van der Waals surface area contributed by atoms with Gasteiger partial charge in [0.2, 0.25) is 0 Å². The van der Waals surface area contributed by atoms with E-state index in [4.69, 9.17) is 0 Å². The lowest BCUT2D eigenvalue weighted by molar-refractivity contribution is 0.0935. The molecule has 0 fully saturated rings. The summed E-state index contributed by atoms with van der Waals surface area (Å²) in [5, 5.41) is 9.25. The van der Waals surface area contributed by atoms with Crippen molar-refractivity contribution in [3.8, 4) is 0 Å². The normalized spacial score (nSPS) is 10.4. The van der Waals surface area contributed by atoms with E-state index in [1.807, 2.05) is 0 Å². The molecule has 0 bridgehead atoms. The highest BCUT2D eigenvalue weighted by Gasteiger charge is 2.10. The zero-order valence-electron chi connectivity index (χ0n) is 8.00. The number of carbonyl (C=O) groups excluding carboxylic acids is 1. The van der Waals surface area contributed by atoms with Crippen LogP contribution in [0.4, 0.5) is 0 Å². The fraction of sp³-hybridized carbons (Fsp3) is 0.556. The van der Waals surface area contributed by atoms with E-state index in [1.165, 1.54) is 6.20 Å². The zero-order chi connectivity index (χ0) is 9.68. The molecule has 0 aliphatic carbocycles. The van der Waals surface area contributed by atoms with Crippen LogP contribution in [0.15, 0.2) is 12.4 Å². The van der Waals surface area contributed by atoms with E-state index in [-0.39, 0.29) is 11.9 Å². The van der Waals surface area contributed by atoms with Gasteiger partial charge in [-0.25, -0.2) is 0 Å². The SMILES string of the molecule is CCC(CC)NC(=O)c1cn[nH]c1. The minimum absolute atomic E-state index is 0.0533. The number of nitrogens with one attached hydrogen (secondary N) is 2. The molecule has 0 aliphatic heterocycles. The number of rotatable bonds is 4. The predicted octanol–water partition coefficient (Wildman–Crippen LogP) is 1.33. The van der Waals surface area contributed by atoms with Crippen molar-refractivity contribution in [1.29, 1.82) is 0 Å². The van der Waals surface area contributed by atoms with Gasteiger partial charge in [0.1, 0.15) is 0 Å². The van der Waals surface area contributed by atoms with Crippen molar-refractivity contribution >= 4 is 5.91 Å². The van der Waals surface area contributed by atoms with E-state index in [0.717, 1.165) is 12.8 Å². The first-order chi connectivity index (χ1) is 6.27. The van der Waals surface area contributed by atoms with Gasteiger partial charge in [0.25, 0.3) is 5.91 Å². The highest BCUT2D eigenvalue weighted by Crippen LogP contribution is 1.99. The molecule has 0 spiro atoms. The molecule has 4 heteroatoms. The third kappa shape index (κ3) is 2.57. The van der Waals surface area contributed by atoms with Crippen LogP contribution in [-0.4, -0.2) is 22.1 Å². The number of hydrogen-bond acceptors (Lipinski definition) is 2. The van der Waals surface area contributed by atoms with Crippen molar-refractivity contribution in [2.24, 2.45) is 0 Å². The molecule has 0 atom stereocenters. The molecule has 1 aromatic rings. The first kappa shape index (κ1) is 9.77. The summed E-state index contributed by atoms with van der Waals surface area (Å²) >= 11 is 0. The Hall–Kier alpha value is -1.32. The first-order valence-corrected chi connectivity index (χ1v) is 4.57. The number of aromatic nitrogens is 2. The highest BCUT2D eigenvalue weighted by molar-refractivity contribution is 5.93. The molecule has 1 aromatic heterocycles. The maximum Gasteiger partial charge on any atom is 0.254 e. The number of amides is 1. The van der Waals surface area contributed by atoms with Crippen LogP contribution in [0.5, 0.6) is 0 Å². The monoisotopic (exact) mass is 181 g/mol. The maximum atomic E-state index is 11.5. The van der Waals surface area contributed by atoms with Crippen LogP contribution >= 0.6 is 0 Å². The van der Waals surface area contributed by atoms with Crippen molar-refractivity contribution in [2.45, 2.75) is 32.7 Å². The summed E-state index contributed by atoms with van der Waals surface area (Å²) in [5.74, 6) is -0.0533. The van der Waals surface area contributed by atoms with Gasteiger partial charge in [-0.3, -0.25) is 9.89 Å². The lowest BCUT2D eigenvalue weighted by Crippen LogP contribution is -2.33. The number of carbonyl (C=O) groups is 1. The van der Waals surface area contributed by atoms with Crippen molar-refractivity contribution < 1.29 is 4.79 Å². The Labute approximate surface area is 77.7 Å². The van der Waals surface area contributed by atoms with Gasteiger partial charge in [0.05, 0.1) is 11.8 Å². The number of H-pyrrole nitrogens is 1. The van der Waals surface area contributed by atoms with E-state index < -0.39 is 0 Å². The van der Waals surface area contributed by atoms with Gasteiger partial charge in [-0.2, -0.15) is 5.10 Å². The molecule has 1 rings (SSSR count). The zero-order valence-corrected chi connectivity index (χ0v) is 8.00. The smallest absolute Gasteiger partial charge is 0.254 e. The fourth-order valence-corrected chi connectivity index (χ4v) is 1.14.